The third-order valence-electron chi connectivity index (χ3n) is 5.12. The van der Waals surface area contributed by atoms with Crippen LogP contribution in [0, 0.1) is 0 Å². The molecule has 2 amide bonds. The zero-order valence-electron chi connectivity index (χ0n) is 17.3. The number of urea groups is 1. The number of halogens is 3. The first-order chi connectivity index (χ1) is 15.3. The number of hydrogen-bond acceptors (Lipinski definition) is 5. The molecule has 168 valence electrons. The maximum Gasteiger partial charge on any atom is 0.418 e. The van der Waals surface area contributed by atoms with E-state index in [2.05, 4.69) is 5.32 Å². The molecule has 2 heterocycles. The fraction of sp³-hybridized carbons (Fsp3) is 0.273. The molecule has 0 spiro atoms. The summed E-state index contributed by atoms with van der Waals surface area (Å²) in [6.07, 6.45) is -4.03. The van der Waals surface area contributed by atoms with E-state index in [0.29, 0.717) is 24.5 Å². The number of para-hydroxylation sites is 1. The number of carbonyl (C=O) groups is 1. The second kappa shape index (κ2) is 8.70. The van der Waals surface area contributed by atoms with E-state index in [0.717, 1.165) is 27.2 Å². The molecule has 1 aromatic heterocycles. The first-order valence-electron chi connectivity index (χ1n) is 9.73. The lowest BCUT2D eigenvalue weighted by molar-refractivity contribution is -0.136. The van der Waals surface area contributed by atoms with Crippen molar-refractivity contribution in [3.8, 4) is 22.1 Å². The van der Waals surface area contributed by atoms with Crippen molar-refractivity contribution in [2.45, 2.75) is 19.1 Å². The molecule has 4 rings (SSSR count). The van der Waals surface area contributed by atoms with E-state index in [1.54, 1.807) is 20.3 Å². The highest BCUT2D eigenvalue weighted by Crippen LogP contribution is 2.37. The Morgan fingerprint density at radius 1 is 1.12 bits per heavy atom. The summed E-state index contributed by atoms with van der Waals surface area (Å²) in [5.41, 5.74) is 0.613. The summed E-state index contributed by atoms with van der Waals surface area (Å²) in [4.78, 5) is 19.8. The van der Waals surface area contributed by atoms with E-state index < -0.39 is 17.8 Å². The van der Waals surface area contributed by atoms with Gasteiger partial charge in [-0.2, -0.15) is 13.2 Å². The molecule has 32 heavy (non-hydrogen) atoms. The van der Waals surface area contributed by atoms with Crippen molar-refractivity contribution in [1.82, 2.24) is 9.88 Å². The standard InChI is InChI=1S/C22H20F3N3O3S/c1-30-17-8-7-13(11-18(17)31-2)20-26-16-9-10-28(12-19(16)32-20)21(29)27-15-6-4-3-5-14(15)22(23,24)25/h3-8,11H,9-10,12H2,1-2H3,(H,27,29). The highest BCUT2D eigenvalue weighted by atomic mass is 32.1. The topological polar surface area (TPSA) is 63.7 Å². The molecule has 0 bridgehead atoms. The van der Waals surface area contributed by atoms with Crippen LogP contribution in [0.2, 0.25) is 0 Å². The number of anilines is 1. The number of nitrogens with one attached hydrogen (secondary N) is 1. The molecule has 0 saturated carbocycles. The lowest BCUT2D eigenvalue weighted by Gasteiger charge is -2.27. The molecule has 0 fully saturated rings. The van der Waals surface area contributed by atoms with Crippen LogP contribution in [-0.2, 0) is 19.1 Å². The van der Waals surface area contributed by atoms with Crippen LogP contribution in [0.1, 0.15) is 16.1 Å². The minimum absolute atomic E-state index is 0.258. The average Bonchev–Trinajstić information content (AvgIpc) is 3.21. The minimum Gasteiger partial charge on any atom is -0.493 e. The van der Waals surface area contributed by atoms with Crippen molar-refractivity contribution in [3.63, 3.8) is 0 Å². The predicted molar refractivity (Wildman–Crippen MR) is 115 cm³/mol. The minimum atomic E-state index is -4.55. The predicted octanol–water partition coefficient (Wildman–Crippen LogP) is 5.44. The number of thiazole rings is 1. The number of hydrogen-bond donors (Lipinski definition) is 1. The highest BCUT2D eigenvalue weighted by Gasteiger charge is 2.34. The largest absolute Gasteiger partial charge is 0.493 e. The maximum atomic E-state index is 13.2. The number of nitrogens with zero attached hydrogens (tertiary/aromatic N) is 2. The van der Waals surface area contributed by atoms with E-state index in [4.69, 9.17) is 14.5 Å². The lowest BCUT2D eigenvalue weighted by Crippen LogP contribution is -2.38. The van der Waals surface area contributed by atoms with Crippen molar-refractivity contribution in [2.75, 3.05) is 26.1 Å². The molecule has 1 N–H and O–H groups in total. The van der Waals surface area contributed by atoms with Gasteiger partial charge in [-0.15, -0.1) is 11.3 Å². The Balaban J connectivity index is 1.52. The zero-order valence-corrected chi connectivity index (χ0v) is 18.1. The number of methoxy groups -OCH3 is 2. The number of ether oxygens (including phenoxy) is 2. The third-order valence-corrected chi connectivity index (χ3v) is 6.25. The molecule has 10 heteroatoms. The first-order valence-corrected chi connectivity index (χ1v) is 10.5. The number of fused-ring (bicyclic) bond motifs is 1. The number of alkyl halides is 3. The lowest BCUT2D eigenvalue weighted by atomic mass is 10.1. The van der Waals surface area contributed by atoms with Gasteiger partial charge in [-0.25, -0.2) is 9.78 Å². The summed E-state index contributed by atoms with van der Waals surface area (Å²) in [6.45, 7) is 0.641. The van der Waals surface area contributed by atoms with Gasteiger partial charge in [-0.1, -0.05) is 12.1 Å². The Morgan fingerprint density at radius 3 is 2.59 bits per heavy atom. The van der Waals surface area contributed by atoms with Crippen molar-refractivity contribution in [1.29, 1.82) is 0 Å². The van der Waals surface area contributed by atoms with Gasteiger partial charge in [0.05, 0.1) is 37.7 Å². The summed E-state index contributed by atoms with van der Waals surface area (Å²) in [6, 6.07) is 9.88. The first kappa shape index (κ1) is 21.9. The van der Waals surface area contributed by atoms with Crippen molar-refractivity contribution >= 4 is 23.1 Å². The van der Waals surface area contributed by atoms with Crippen LogP contribution < -0.4 is 14.8 Å². The summed E-state index contributed by atoms with van der Waals surface area (Å²) < 4.78 is 50.3. The fourth-order valence-corrected chi connectivity index (χ4v) is 4.62. The second-order valence-electron chi connectivity index (χ2n) is 7.10. The molecule has 2 aromatic carbocycles. The van der Waals surface area contributed by atoms with Gasteiger partial charge in [0.2, 0.25) is 0 Å². The number of amides is 2. The summed E-state index contributed by atoms with van der Waals surface area (Å²) >= 11 is 1.45. The zero-order chi connectivity index (χ0) is 22.9. The average molecular weight is 463 g/mol. The number of aromatic nitrogens is 1. The smallest absolute Gasteiger partial charge is 0.418 e. The molecule has 0 unspecified atom stereocenters. The van der Waals surface area contributed by atoms with Crippen LogP contribution in [0.25, 0.3) is 10.6 Å². The van der Waals surface area contributed by atoms with Crippen LogP contribution in [0.4, 0.5) is 23.7 Å². The molecular formula is C22H20F3N3O3S. The molecule has 1 aliphatic heterocycles. The van der Waals surface area contributed by atoms with E-state index in [9.17, 15) is 18.0 Å². The number of rotatable bonds is 4. The van der Waals surface area contributed by atoms with Gasteiger partial charge < -0.3 is 19.7 Å². The summed E-state index contributed by atoms with van der Waals surface area (Å²) in [5.74, 6) is 1.20. The van der Waals surface area contributed by atoms with Crippen molar-refractivity contribution in [3.05, 3.63) is 58.6 Å². The van der Waals surface area contributed by atoms with E-state index in [1.807, 2.05) is 12.1 Å². The third kappa shape index (κ3) is 4.36. The molecule has 0 saturated heterocycles. The quantitative estimate of drug-likeness (QED) is 0.560. The molecular weight excluding hydrogens is 443 g/mol. The van der Waals surface area contributed by atoms with Gasteiger partial charge in [0, 0.05) is 23.4 Å². The van der Waals surface area contributed by atoms with E-state index >= 15 is 0 Å². The molecule has 0 radical (unpaired) electrons. The van der Waals surface area contributed by atoms with Crippen LogP contribution in [0.5, 0.6) is 11.5 Å². The van der Waals surface area contributed by atoms with E-state index in [1.165, 1.54) is 34.4 Å². The highest BCUT2D eigenvalue weighted by molar-refractivity contribution is 7.15. The molecule has 0 atom stereocenters. The second-order valence-corrected chi connectivity index (χ2v) is 8.19. The molecule has 1 aliphatic rings. The van der Waals surface area contributed by atoms with Crippen LogP contribution in [0.15, 0.2) is 42.5 Å². The van der Waals surface area contributed by atoms with Gasteiger partial charge >= 0.3 is 12.2 Å². The normalized spacial score (nSPS) is 13.5. The molecule has 6 nitrogen and oxygen atoms in total. The van der Waals surface area contributed by atoms with Gasteiger partial charge in [0.25, 0.3) is 0 Å². The summed E-state index contributed by atoms with van der Waals surface area (Å²) in [5, 5.41) is 3.18. The SMILES string of the molecule is COc1ccc(-c2nc3c(s2)CN(C(=O)Nc2ccccc2C(F)(F)F)CC3)cc1OC. The fourth-order valence-electron chi connectivity index (χ4n) is 3.50. The molecule has 3 aromatic rings. The van der Waals surface area contributed by atoms with Crippen LogP contribution in [0.3, 0.4) is 0 Å². The van der Waals surface area contributed by atoms with Crippen molar-refractivity contribution < 1.29 is 27.4 Å². The van der Waals surface area contributed by atoms with Crippen molar-refractivity contribution in [2.24, 2.45) is 0 Å². The monoisotopic (exact) mass is 463 g/mol. The van der Waals surface area contributed by atoms with Crippen LogP contribution >= 0.6 is 11.3 Å². The Bertz CT molecular complexity index is 1150. The Labute approximate surface area is 186 Å². The van der Waals surface area contributed by atoms with Crippen LogP contribution in [-0.4, -0.2) is 36.7 Å². The van der Waals surface area contributed by atoms with Gasteiger partial charge in [-0.05, 0) is 30.3 Å². The van der Waals surface area contributed by atoms with Gasteiger partial charge in [-0.3, -0.25) is 0 Å². The van der Waals surface area contributed by atoms with Gasteiger partial charge in [0.1, 0.15) is 5.01 Å². The Hall–Kier alpha value is -3.27. The Morgan fingerprint density at radius 2 is 1.88 bits per heavy atom. The summed E-state index contributed by atoms with van der Waals surface area (Å²) in [7, 11) is 3.12. The Kier molecular flexibility index (Phi) is 5.96. The maximum absolute atomic E-state index is 13.2. The molecule has 0 aliphatic carbocycles. The van der Waals surface area contributed by atoms with E-state index in [-0.39, 0.29) is 12.2 Å². The van der Waals surface area contributed by atoms with Gasteiger partial charge in [0.15, 0.2) is 11.5 Å². The number of benzene rings is 2. The number of carbonyl (C=O) groups excluding carboxylic acids is 1.